The molecule has 103 heavy (non-hydrogen) atoms. The summed E-state index contributed by atoms with van der Waals surface area (Å²) in [4.78, 5) is 48.2. The third-order valence-corrected chi connectivity index (χ3v) is 16.8. The van der Waals surface area contributed by atoms with Gasteiger partial charge in [-0.25, -0.2) is 9.36 Å². The molecular formula is C75H148NO26P. The van der Waals surface area contributed by atoms with Crippen LogP contribution in [0.3, 0.4) is 0 Å². The Hall–Kier alpha value is -2.32. The molecule has 0 aliphatic carbocycles. The molecule has 0 saturated heterocycles. The van der Waals surface area contributed by atoms with Crippen LogP contribution in [0.5, 0.6) is 0 Å². The standard InChI is InChI=1S/C75H148NO26P/c1-4-6-8-10-12-14-16-18-20-22-24-26-28-30-32-34-73(77)99-70-72(102-74(78)35-33-31-29-27-25-23-21-19-17-15-13-11-9-7-5-2)71-101-103(80,81)100-37-36-76-75(79)98-69-68-97-67-66-96-65-64-95-63-62-94-61-60-93-59-58-92-57-56-91-55-54-90-53-52-89-51-50-88-49-48-87-47-46-86-45-44-85-43-42-84-41-40-83-39-38-82-3/h72H,4-71H2,1-3H3,(H,76,79)(H,80,81)/t72-/m1/s1. The molecule has 0 aliphatic heterocycles. The molecule has 1 amide bonds. The molecule has 2 atom stereocenters. The van der Waals surface area contributed by atoms with E-state index in [2.05, 4.69) is 19.2 Å². The van der Waals surface area contributed by atoms with Gasteiger partial charge in [0.25, 0.3) is 0 Å². The summed E-state index contributed by atoms with van der Waals surface area (Å²) in [6.45, 7) is 17.1. The molecule has 0 heterocycles. The maximum atomic E-state index is 12.9. The molecule has 0 spiro atoms. The van der Waals surface area contributed by atoms with Gasteiger partial charge in [-0.1, -0.05) is 194 Å². The van der Waals surface area contributed by atoms with Crippen molar-refractivity contribution < 1.29 is 123 Å². The van der Waals surface area contributed by atoms with E-state index in [1.165, 1.54) is 141 Å². The van der Waals surface area contributed by atoms with Crippen LogP contribution in [0.1, 0.15) is 219 Å². The minimum atomic E-state index is -4.66. The van der Waals surface area contributed by atoms with E-state index in [1.54, 1.807) is 7.11 Å². The Kier molecular flexibility index (Phi) is 85.0. The molecule has 614 valence electrons. The van der Waals surface area contributed by atoms with Gasteiger partial charge in [0.05, 0.1) is 218 Å². The summed E-state index contributed by atoms with van der Waals surface area (Å²) in [6, 6.07) is 0. The van der Waals surface area contributed by atoms with Crippen molar-refractivity contribution in [2.45, 2.75) is 225 Å². The lowest BCUT2D eigenvalue weighted by Gasteiger charge is -2.20. The van der Waals surface area contributed by atoms with Crippen molar-refractivity contribution in [3.05, 3.63) is 0 Å². The molecule has 0 rings (SSSR count). The van der Waals surface area contributed by atoms with Gasteiger partial charge in [0.15, 0.2) is 6.10 Å². The first kappa shape index (κ1) is 101. The Labute approximate surface area is 622 Å². The third-order valence-electron chi connectivity index (χ3n) is 15.8. The number of carbonyl (C=O) groups is 3. The van der Waals surface area contributed by atoms with Crippen LogP contribution in [0.2, 0.25) is 0 Å². The minimum absolute atomic E-state index is 0.0349. The molecule has 0 aromatic rings. The zero-order chi connectivity index (χ0) is 74.4. The number of unbranched alkanes of at least 4 members (excludes halogenated alkanes) is 28. The number of rotatable bonds is 90. The summed E-state index contributed by atoms with van der Waals surface area (Å²) in [5.74, 6) is -0.931. The summed E-state index contributed by atoms with van der Waals surface area (Å²) in [5, 5.41) is 2.43. The Morgan fingerprint density at radius 3 is 0.806 bits per heavy atom. The maximum absolute atomic E-state index is 12.9. The van der Waals surface area contributed by atoms with Crippen LogP contribution in [0.4, 0.5) is 4.79 Å². The lowest BCUT2D eigenvalue weighted by molar-refractivity contribution is -0.161. The molecular weight excluding hydrogens is 1360 g/mol. The Morgan fingerprint density at radius 2 is 0.534 bits per heavy atom. The second kappa shape index (κ2) is 86.9. The van der Waals surface area contributed by atoms with Crippen molar-refractivity contribution in [3.8, 4) is 0 Å². The average molecular weight is 1510 g/mol. The monoisotopic (exact) mass is 1510 g/mol. The molecule has 2 N–H and O–H groups in total. The Balaban J connectivity index is 3.90. The summed E-state index contributed by atoms with van der Waals surface area (Å²) < 4.78 is 126. The van der Waals surface area contributed by atoms with Crippen molar-refractivity contribution in [1.29, 1.82) is 0 Å². The van der Waals surface area contributed by atoms with Crippen LogP contribution in [-0.2, 0) is 113 Å². The van der Waals surface area contributed by atoms with E-state index in [4.69, 9.17) is 99.0 Å². The predicted octanol–water partition coefficient (Wildman–Crippen LogP) is 12.7. The molecule has 0 fully saturated rings. The fourth-order valence-electron chi connectivity index (χ4n) is 10.00. The quantitative estimate of drug-likeness (QED) is 0.0247. The van der Waals surface area contributed by atoms with Gasteiger partial charge in [-0.3, -0.25) is 18.6 Å². The topological polar surface area (TPSA) is 294 Å². The number of esters is 2. The molecule has 0 radical (unpaired) electrons. The van der Waals surface area contributed by atoms with Gasteiger partial charge in [0.1, 0.15) is 13.2 Å². The third kappa shape index (κ3) is 86.8. The van der Waals surface area contributed by atoms with Crippen molar-refractivity contribution in [1.82, 2.24) is 5.32 Å². The highest BCUT2D eigenvalue weighted by molar-refractivity contribution is 7.47. The highest BCUT2D eigenvalue weighted by atomic mass is 31.2. The van der Waals surface area contributed by atoms with Gasteiger partial charge in [0, 0.05) is 26.5 Å². The summed E-state index contributed by atoms with van der Waals surface area (Å²) in [6.07, 6.45) is 34.9. The van der Waals surface area contributed by atoms with Gasteiger partial charge >= 0.3 is 25.9 Å². The first-order valence-corrected chi connectivity index (χ1v) is 41.3. The van der Waals surface area contributed by atoms with E-state index < -0.39 is 38.6 Å². The highest BCUT2D eigenvalue weighted by Gasteiger charge is 2.26. The van der Waals surface area contributed by atoms with Crippen LogP contribution < -0.4 is 5.32 Å². The molecule has 0 aromatic carbocycles. The highest BCUT2D eigenvalue weighted by Crippen LogP contribution is 2.43. The van der Waals surface area contributed by atoms with Gasteiger partial charge < -0.3 is 100 Å². The first-order valence-electron chi connectivity index (χ1n) is 39.8. The molecule has 0 saturated carbocycles. The van der Waals surface area contributed by atoms with Gasteiger partial charge in [0.2, 0.25) is 0 Å². The largest absolute Gasteiger partial charge is 0.472 e. The Morgan fingerprint density at radius 1 is 0.291 bits per heavy atom. The zero-order valence-electron chi connectivity index (χ0n) is 64.8. The van der Waals surface area contributed by atoms with Crippen LogP contribution in [0, 0.1) is 0 Å². The van der Waals surface area contributed by atoms with E-state index in [0.717, 1.165) is 38.5 Å². The van der Waals surface area contributed by atoms with Crippen LogP contribution in [0.25, 0.3) is 0 Å². The van der Waals surface area contributed by atoms with Gasteiger partial charge in [-0.2, -0.15) is 0 Å². The fourth-order valence-corrected chi connectivity index (χ4v) is 10.7. The number of methoxy groups -OCH3 is 1. The van der Waals surface area contributed by atoms with Gasteiger partial charge in [-0.15, -0.1) is 0 Å². The van der Waals surface area contributed by atoms with E-state index >= 15 is 0 Å². The second-order valence-electron chi connectivity index (χ2n) is 25.0. The van der Waals surface area contributed by atoms with Crippen LogP contribution in [-0.4, -0.2) is 274 Å². The van der Waals surface area contributed by atoms with Crippen molar-refractivity contribution >= 4 is 25.9 Å². The van der Waals surface area contributed by atoms with E-state index in [-0.39, 0.29) is 52.4 Å². The lowest BCUT2D eigenvalue weighted by atomic mass is 10.0. The van der Waals surface area contributed by atoms with Crippen molar-refractivity contribution in [2.24, 2.45) is 0 Å². The minimum Gasteiger partial charge on any atom is -0.462 e. The number of carbonyl (C=O) groups excluding carboxylic acids is 3. The SMILES string of the molecule is CCCCCCCCCCCCCCCCCC(=O)OC[C@H](COP(=O)(O)OCCNC(=O)OCCOCCOCCOCCOCCOCCOCCOCCOCCOCCOCCOCCOCCOCCOCCOCCOC)OC(=O)CCCCCCCCCCCCCCCCC. The van der Waals surface area contributed by atoms with Crippen LogP contribution in [0.15, 0.2) is 0 Å². The number of ether oxygens (including phenoxy) is 19. The number of phosphoric ester groups is 1. The normalized spacial score (nSPS) is 12.5. The fraction of sp³-hybridized carbons (Fsp3) is 0.960. The van der Waals surface area contributed by atoms with Crippen molar-refractivity contribution in [2.75, 3.05) is 245 Å². The van der Waals surface area contributed by atoms with E-state index in [1.807, 2.05) is 0 Å². The van der Waals surface area contributed by atoms with Crippen molar-refractivity contribution in [3.63, 3.8) is 0 Å². The number of phosphoric acid groups is 1. The summed E-state index contributed by atoms with van der Waals surface area (Å²) >= 11 is 0. The maximum Gasteiger partial charge on any atom is 0.472 e. The van der Waals surface area contributed by atoms with E-state index in [9.17, 15) is 23.8 Å². The Bertz CT molecular complexity index is 1760. The van der Waals surface area contributed by atoms with E-state index in [0.29, 0.717) is 204 Å². The number of nitrogens with one attached hydrogen (secondary N) is 1. The molecule has 0 aromatic heterocycles. The van der Waals surface area contributed by atoms with Gasteiger partial charge in [-0.05, 0) is 12.8 Å². The van der Waals surface area contributed by atoms with Crippen LogP contribution >= 0.6 is 7.82 Å². The lowest BCUT2D eigenvalue weighted by Crippen LogP contribution is -2.30. The zero-order valence-corrected chi connectivity index (χ0v) is 65.7. The average Bonchev–Trinajstić information content (AvgIpc) is 0.953. The molecule has 0 aliphatic rings. The number of alkyl carbamates (subject to hydrolysis) is 1. The first-order chi connectivity index (χ1) is 50.7. The predicted molar refractivity (Wildman–Crippen MR) is 395 cm³/mol. The smallest absolute Gasteiger partial charge is 0.462 e. The molecule has 0 bridgehead atoms. The number of hydrogen-bond acceptors (Lipinski definition) is 25. The molecule has 27 nitrogen and oxygen atoms in total. The number of amides is 1. The molecule has 1 unspecified atom stereocenters. The summed E-state index contributed by atoms with van der Waals surface area (Å²) in [7, 11) is -3.02. The number of hydrogen-bond donors (Lipinski definition) is 2. The molecule has 28 heteroatoms. The second-order valence-corrected chi connectivity index (χ2v) is 26.5. The summed E-state index contributed by atoms with van der Waals surface area (Å²) in [5.41, 5.74) is 0.